The number of halogens is 3. The normalized spacial score (nSPS) is 10.6. The van der Waals surface area contributed by atoms with E-state index in [2.05, 4.69) is 20.6 Å². The van der Waals surface area contributed by atoms with Crippen LogP contribution < -0.4 is 10.6 Å². The fraction of sp³-hybridized carbons (Fsp3) is 0.150. The van der Waals surface area contributed by atoms with Crippen LogP contribution in [0.1, 0.15) is 21.9 Å². The quantitative estimate of drug-likeness (QED) is 0.669. The van der Waals surface area contributed by atoms with Crippen molar-refractivity contribution in [3.63, 3.8) is 0 Å². The fourth-order valence-electron chi connectivity index (χ4n) is 2.57. The van der Waals surface area contributed by atoms with Crippen LogP contribution in [0.5, 0.6) is 0 Å². The van der Waals surface area contributed by atoms with Gasteiger partial charge in [-0.3, -0.25) is 4.79 Å². The van der Waals surface area contributed by atoms with Crippen molar-refractivity contribution in [1.82, 2.24) is 9.97 Å². The molecule has 3 rings (SSSR count). The van der Waals surface area contributed by atoms with Crippen LogP contribution in [-0.4, -0.2) is 22.4 Å². The molecule has 0 radical (unpaired) electrons. The first-order valence-corrected chi connectivity index (χ1v) is 8.52. The highest BCUT2D eigenvalue weighted by Crippen LogP contribution is 2.15. The van der Waals surface area contributed by atoms with E-state index in [0.29, 0.717) is 30.2 Å². The minimum Gasteiger partial charge on any atom is -0.370 e. The summed E-state index contributed by atoms with van der Waals surface area (Å²) in [5.74, 6) is -2.18. The van der Waals surface area contributed by atoms with Crippen molar-refractivity contribution in [2.75, 3.05) is 17.2 Å². The third-order valence-corrected chi connectivity index (χ3v) is 3.91. The maximum Gasteiger partial charge on any atom is 0.274 e. The predicted molar refractivity (Wildman–Crippen MR) is 99.7 cm³/mol. The lowest BCUT2D eigenvalue weighted by atomic mass is 10.1. The number of nitrogens with one attached hydrogen (secondary N) is 2. The third kappa shape index (κ3) is 4.85. The van der Waals surface area contributed by atoms with Crippen molar-refractivity contribution < 1.29 is 18.0 Å². The number of anilines is 2. The number of nitrogens with zero attached hydrogens (tertiary/aromatic N) is 2. The van der Waals surface area contributed by atoms with Gasteiger partial charge in [0.15, 0.2) is 11.6 Å². The van der Waals surface area contributed by atoms with Crippen LogP contribution in [0.2, 0.25) is 0 Å². The van der Waals surface area contributed by atoms with Gasteiger partial charge < -0.3 is 10.6 Å². The van der Waals surface area contributed by atoms with Gasteiger partial charge in [0.1, 0.15) is 23.2 Å². The first-order valence-electron chi connectivity index (χ1n) is 8.52. The molecule has 0 aliphatic carbocycles. The lowest BCUT2D eigenvalue weighted by Gasteiger charge is -2.10. The molecule has 0 saturated heterocycles. The third-order valence-electron chi connectivity index (χ3n) is 3.91. The van der Waals surface area contributed by atoms with Gasteiger partial charge in [-0.2, -0.15) is 0 Å². The zero-order chi connectivity index (χ0) is 20.1. The zero-order valence-corrected chi connectivity index (χ0v) is 15.0. The van der Waals surface area contributed by atoms with Crippen LogP contribution >= 0.6 is 0 Å². The lowest BCUT2D eigenvalue weighted by Crippen LogP contribution is -2.16. The van der Waals surface area contributed by atoms with Gasteiger partial charge in [0, 0.05) is 24.4 Å². The highest BCUT2D eigenvalue weighted by atomic mass is 19.2. The number of hydrogen-bond donors (Lipinski definition) is 2. The van der Waals surface area contributed by atoms with E-state index in [4.69, 9.17) is 0 Å². The molecule has 5 nitrogen and oxygen atoms in total. The number of aromatic nitrogens is 2. The summed E-state index contributed by atoms with van der Waals surface area (Å²) in [7, 11) is 0. The summed E-state index contributed by atoms with van der Waals surface area (Å²) in [5.41, 5.74) is 0.733. The van der Waals surface area contributed by atoms with Gasteiger partial charge in [0.2, 0.25) is 0 Å². The SMILES string of the molecule is Cc1nc(NCCc2ccccc2F)cc(C(=O)Nc2ccc(F)c(F)c2)n1. The van der Waals surface area contributed by atoms with Crippen LogP contribution in [0.3, 0.4) is 0 Å². The topological polar surface area (TPSA) is 66.9 Å². The Morgan fingerprint density at radius 1 is 0.964 bits per heavy atom. The fourth-order valence-corrected chi connectivity index (χ4v) is 2.57. The number of benzene rings is 2. The molecule has 1 heterocycles. The Kier molecular flexibility index (Phi) is 5.88. The number of amides is 1. The molecule has 0 aliphatic rings. The largest absolute Gasteiger partial charge is 0.370 e. The Bertz CT molecular complexity index is 1010. The maximum absolute atomic E-state index is 13.7. The van der Waals surface area contributed by atoms with Crippen LogP contribution in [-0.2, 0) is 6.42 Å². The first-order chi connectivity index (χ1) is 13.4. The molecule has 0 unspecified atom stereocenters. The van der Waals surface area contributed by atoms with Gasteiger partial charge in [-0.05, 0) is 37.1 Å². The standard InChI is InChI=1S/C20H17F3N4O/c1-12-25-18(20(28)27-14-6-7-16(22)17(23)10-14)11-19(26-12)24-9-8-13-4-2-3-5-15(13)21/h2-7,10-11H,8-9H2,1H3,(H,27,28)(H,24,25,26). The molecule has 1 aromatic heterocycles. The second kappa shape index (κ2) is 8.51. The number of hydrogen-bond acceptors (Lipinski definition) is 4. The van der Waals surface area contributed by atoms with Crippen LogP contribution in [0.15, 0.2) is 48.5 Å². The highest BCUT2D eigenvalue weighted by Gasteiger charge is 2.12. The summed E-state index contributed by atoms with van der Waals surface area (Å²) < 4.78 is 39.9. The van der Waals surface area contributed by atoms with E-state index < -0.39 is 17.5 Å². The average molecular weight is 386 g/mol. The van der Waals surface area contributed by atoms with Gasteiger partial charge in [-0.15, -0.1) is 0 Å². The van der Waals surface area contributed by atoms with E-state index in [-0.39, 0.29) is 17.2 Å². The number of carbonyl (C=O) groups excluding carboxylic acids is 1. The lowest BCUT2D eigenvalue weighted by molar-refractivity contribution is 0.102. The molecule has 2 N–H and O–H groups in total. The summed E-state index contributed by atoms with van der Waals surface area (Å²) in [6.07, 6.45) is 0.437. The Hall–Kier alpha value is -3.42. The van der Waals surface area contributed by atoms with Crippen molar-refractivity contribution in [3.8, 4) is 0 Å². The van der Waals surface area contributed by atoms with E-state index in [9.17, 15) is 18.0 Å². The van der Waals surface area contributed by atoms with Crippen molar-refractivity contribution in [2.24, 2.45) is 0 Å². The Labute approximate surface area is 159 Å². The maximum atomic E-state index is 13.7. The van der Waals surface area contributed by atoms with Crippen LogP contribution in [0.4, 0.5) is 24.7 Å². The molecule has 0 atom stereocenters. The molecule has 1 amide bonds. The Balaban J connectivity index is 1.67. The molecule has 144 valence electrons. The van der Waals surface area contributed by atoms with Gasteiger partial charge in [-0.25, -0.2) is 23.1 Å². The number of carbonyl (C=O) groups is 1. The monoisotopic (exact) mass is 386 g/mol. The Morgan fingerprint density at radius 2 is 1.75 bits per heavy atom. The van der Waals surface area contributed by atoms with Gasteiger partial charge >= 0.3 is 0 Å². The summed E-state index contributed by atoms with van der Waals surface area (Å²) in [6.45, 7) is 2.03. The highest BCUT2D eigenvalue weighted by molar-refractivity contribution is 6.03. The van der Waals surface area contributed by atoms with Gasteiger partial charge in [0.25, 0.3) is 5.91 Å². The summed E-state index contributed by atoms with van der Waals surface area (Å²) in [5, 5.41) is 5.49. The van der Waals surface area contributed by atoms with E-state index >= 15 is 0 Å². The molecule has 28 heavy (non-hydrogen) atoms. The molecule has 0 spiro atoms. The number of rotatable bonds is 6. The van der Waals surface area contributed by atoms with E-state index in [1.807, 2.05) is 0 Å². The molecule has 0 aliphatic heterocycles. The van der Waals surface area contributed by atoms with Crippen molar-refractivity contribution >= 4 is 17.4 Å². The predicted octanol–water partition coefficient (Wildman–Crippen LogP) is 4.11. The smallest absolute Gasteiger partial charge is 0.274 e. The minimum absolute atomic E-state index is 0.0608. The summed E-state index contributed by atoms with van der Waals surface area (Å²) in [6, 6.07) is 11.0. The van der Waals surface area contributed by atoms with Crippen molar-refractivity contribution in [1.29, 1.82) is 0 Å². The van der Waals surface area contributed by atoms with Crippen LogP contribution in [0, 0.1) is 24.4 Å². The first kappa shape index (κ1) is 19.3. The zero-order valence-electron chi connectivity index (χ0n) is 15.0. The van der Waals surface area contributed by atoms with Crippen molar-refractivity contribution in [2.45, 2.75) is 13.3 Å². The van der Waals surface area contributed by atoms with Gasteiger partial charge in [-0.1, -0.05) is 18.2 Å². The minimum atomic E-state index is -1.06. The molecule has 0 bridgehead atoms. The molecule has 8 heteroatoms. The van der Waals surface area contributed by atoms with Crippen molar-refractivity contribution in [3.05, 3.63) is 83.1 Å². The molecule has 2 aromatic carbocycles. The van der Waals surface area contributed by atoms with E-state index in [1.165, 1.54) is 18.2 Å². The van der Waals surface area contributed by atoms with E-state index in [1.54, 1.807) is 25.1 Å². The van der Waals surface area contributed by atoms with Crippen LogP contribution in [0.25, 0.3) is 0 Å². The number of aryl methyl sites for hydroxylation is 1. The summed E-state index contributed by atoms with van der Waals surface area (Å²) >= 11 is 0. The molecule has 0 fully saturated rings. The Morgan fingerprint density at radius 3 is 2.50 bits per heavy atom. The summed E-state index contributed by atoms with van der Waals surface area (Å²) in [4.78, 5) is 20.6. The second-order valence-electron chi connectivity index (χ2n) is 6.04. The van der Waals surface area contributed by atoms with E-state index in [0.717, 1.165) is 12.1 Å². The molecular formula is C20H17F3N4O. The molecule has 0 saturated carbocycles. The van der Waals surface area contributed by atoms with Gasteiger partial charge in [0.05, 0.1) is 0 Å². The molecular weight excluding hydrogens is 369 g/mol. The average Bonchev–Trinajstić information content (AvgIpc) is 2.66. The second-order valence-corrected chi connectivity index (χ2v) is 6.04. The molecule has 3 aromatic rings.